The minimum Gasteiger partial charge on any atom is -0.399 e. The second-order valence-electron chi connectivity index (χ2n) is 5.09. The van der Waals surface area contributed by atoms with E-state index in [1.165, 1.54) is 11.1 Å². The van der Waals surface area contributed by atoms with Crippen LogP contribution < -0.4 is 11.1 Å². The monoisotopic (exact) mass is 263 g/mol. The first-order chi connectivity index (χ1) is 9.61. The van der Waals surface area contributed by atoms with Gasteiger partial charge in [0.25, 0.3) is 0 Å². The van der Waals surface area contributed by atoms with Crippen LogP contribution in [-0.2, 0) is 0 Å². The van der Waals surface area contributed by atoms with E-state index in [-0.39, 0.29) is 0 Å². The number of hydrogen-bond acceptors (Lipinski definition) is 3. The van der Waals surface area contributed by atoms with Gasteiger partial charge in [-0.3, -0.25) is 0 Å². The van der Waals surface area contributed by atoms with Gasteiger partial charge in [-0.2, -0.15) is 0 Å². The lowest BCUT2D eigenvalue weighted by atomic mass is 10.1. The second-order valence-corrected chi connectivity index (χ2v) is 5.09. The Labute approximate surface area is 118 Å². The van der Waals surface area contributed by atoms with Crippen LogP contribution in [0.4, 0.5) is 17.2 Å². The summed E-state index contributed by atoms with van der Waals surface area (Å²) < 4.78 is 0. The van der Waals surface area contributed by atoms with Gasteiger partial charge in [-0.15, -0.1) is 0 Å². The van der Waals surface area contributed by atoms with Gasteiger partial charge in [0, 0.05) is 16.8 Å². The average molecular weight is 263 g/mol. The number of aromatic nitrogens is 1. The first-order valence-corrected chi connectivity index (χ1v) is 6.62. The quantitative estimate of drug-likeness (QED) is 0.682. The number of aryl methyl sites for hydroxylation is 2. The van der Waals surface area contributed by atoms with E-state index in [0.717, 1.165) is 28.1 Å². The third-order valence-corrected chi connectivity index (χ3v) is 3.37. The van der Waals surface area contributed by atoms with Crippen LogP contribution >= 0.6 is 0 Å². The van der Waals surface area contributed by atoms with Gasteiger partial charge in [-0.05, 0) is 61.4 Å². The Bertz CT molecular complexity index is 778. The van der Waals surface area contributed by atoms with Crippen molar-refractivity contribution in [3.63, 3.8) is 0 Å². The van der Waals surface area contributed by atoms with Crippen molar-refractivity contribution in [3.05, 3.63) is 59.7 Å². The molecule has 0 unspecified atom stereocenters. The van der Waals surface area contributed by atoms with E-state index >= 15 is 0 Å². The van der Waals surface area contributed by atoms with Crippen molar-refractivity contribution in [2.75, 3.05) is 11.1 Å². The molecule has 20 heavy (non-hydrogen) atoms. The van der Waals surface area contributed by atoms with E-state index in [0.29, 0.717) is 0 Å². The minimum atomic E-state index is 0.759. The van der Waals surface area contributed by atoms with Crippen molar-refractivity contribution < 1.29 is 0 Å². The summed E-state index contributed by atoms with van der Waals surface area (Å²) in [6.45, 7) is 4.17. The molecule has 0 aliphatic rings. The molecule has 2 aromatic carbocycles. The van der Waals surface area contributed by atoms with Crippen molar-refractivity contribution >= 4 is 28.1 Å². The number of hydrogen-bond donors (Lipinski definition) is 2. The SMILES string of the molecule is Cc1ccc(C)c(Nc2ccc3cc(N)ccc3n2)c1. The number of nitrogens with zero attached hydrogens (tertiary/aromatic N) is 1. The van der Waals surface area contributed by atoms with Crippen LogP contribution in [0.2, 0.25) is 0 Å². The van der Waals surface area contributed by atoms with Crippen LogP contribution in [0, 0.1) is 13.8 Å². The lowest BCUT2D eigenvalue weighted by molar-refractivity contribution is 1.33. The molecule has 0 radical (unpaired) electrons. The standard InChI is InChI=1S/C17H17N3/c1-11-3-4-12(2)16(9-11)20-17-8-5-13-10-14(18)6-7-15(13)19-17/h3-10H,18H2,1-2H3,(H,19,20). The number of nitrogen functional groups attached to an aromatic ring is 1. The van der Waals surface area contributed by atoms with Crippen LogP contribution in [-0.4, -0.2) is 4.98 Å². The molecule has 3 nitrogen and oxygen atoms in total. The molecule has 100 valence electrons. The van der Waals surface area contributed by atoms with Crippen LogP contribution in [0.15, 0.2) is 48.5 Å². The fourth-order valence-corrected chi connectivity index (χ4v) is 2.22. The van der Waals surface area contributed by atoms with Crippen molar-refractivity contribution in [2.45, 2.75) is 13.8 Å². The Morgan fingerprint density at radius 1 is 0.950 bits per heavy atom. The summed E-state index contributed by atoms with van der Waals surface area (Å²) in [5.41, 5.74) is 11.0. The summed E-state index contributed by atoms with van der Waals surface area (Å²) in [5.74, 6) is 0.843. The second kappa shape index (κ2) is 4.85. The Kier molecular flexibility index (Phi) is 3.03. The third kappa shape index (κ3) is 2.43. The Morgan fingerprint density at radius 3 is 2.65 bits per heavy atom. The first kappa shape index (κ1) is 12.5. The maximum Gasteiger partial charge on any atom is 0.131 e. The van der Waals surface area contributed by atoms with Gasteiger partial charge >= 0.3 is 0 Å². The molecule has 0 fully saturated rings. The third-order valence-electron chi connectivity index (χ3n) is 3.37. The summed E-state index contributed by atoms with van der Waals surface area (Å²) in [6, 6.07) is 16.1. The predicted octanol–water partition coefficient (Wildman–Crippen LogP) is 4.18. The van der Waals surface area contributed by atoms with E-state index in [2.05, 4.69) is 42.3 Å². The van der Waals surface area contributed by atoms with Gasteiger partial charge in [0.05, 0.1) is 5.52 Å². The lowest BCUT2D eigenvalue weighted by Gasteiger charge is -2.10. The van der Waals surface area contributed by atoms with Crippen LogP contribution in [0.25, 0.3) is 10.9 Å². The molecule has 3 rings (SSSR count). The topological polar surface area (TPSA) is 50.9 Å². The summed E-state index contributed by atoms with van der Waals surface area (Å²) >= 11 is 0. The molecule has 3 N–H and O–H groups in total. The zero-order chi connectivity index (χ0) is 14.1. The molecule has 0 aliphatic heterocycles. The van der Waals surface area contributed by atoms with Gasteiger partial charge in [-0.1, -0.05) is 12.1 Å². The van der Waals surface area contributed by atoms with Gasteiger partial charge < -0.3 is 11.1 Å². The molecular weight excluding hydrogens is 246 g/mol. The first-order valence-electron chi connectivity index (χ1n) is 6.62. The van der Waals surface area contributed by atoms with Crippen LogP contribution in [0.1, 0.15) is 11.1 Å². The molecule has 3 aromatic rings. The number of nitrogens with two attached hydrogens (primary N) is 1. The smallest absolute Gasteiger partial charge is 0.131 e. The summed E-state index contributed by atoms with van der Waals surface area (Å²) in [4.78, 5) is 4.62. The molecule has 0 saturated carbocycles. The van der Waals surface area contributed by atoms with Crippen LogP contribution in [0.5, 0.6) is 0 Å². The minimum absolute atomic E-state index is 0.759. The fraction of sp³-hybridized carbons (Fsp3) is 0.118. The molecule has 1 heterocycles. The van der Waals surface area contributed by atoms with Crippen molar-refractivity contribution in [3.8, 4) is 0 Å². The van der Waals surface area contributed by atoms with Crippen molar-refractivity contribution in [2.24, 2.45) is 0 Å². The molecule has 0 aliphatic carbocycles. The van der Waals surface area contributed by atoms with Crippen molar-refractivity contribution in [1.29, 1.82) is 0 Å². The Hall–Kier alpha value is -2.55. The summed E-state index contributed by atoms with van der Waals surface area (Å²) in [5, 5.41) is 4.43. The summed E-state index contributed by atoms with van der Waals surface area (Å²) in [6.07, 6.45) is 0. The predicted molar refractivity (Wildman–Crippen MR) is 85.4 cm³/mol. The molecular formula is C17H17N3. The molecule has 0 spiro atoms. The zero-order valence-corrected chi connectivity index (χ0v) is 11.6. The van der Waals surface area contributed by atoms with Gasteiger partial charge in [-0.25, -0.2) is 4.98 Å². The molecule has 0 bridgehead atoms. The van der Waals surface area contributed by atoms with E-state index in [1.807, 2.05) is 30.3 Å². The lowest BCUT2D eigenvalue weighted by Crippen LogP contribution is -1.96. The Balaban J connectivity index is 1.98. The number of pyridine rings is 1. The highest BCUT2D eigenvalue weighted by molar-refractivity contribution is 5.83. The van der Waals surface area contributed by atoms with Gasteiger partial charge in [0.15, 0.2) is 0 Å². The number of benzene rings is 2. The maximum absolute atomic E-state index is 5.78. The highest BCUT2D eigenvalue weighted by atomic mass is 15.0. The average Bonchev–Trinajstić information content (AvgIpc) is 2.43. The fourth-order valence-electron chi connectivity index (χ4n) is 2.22. The molecule has 0 saturated heterocycles. The number of fused-ring (bicyclic) bond motifs is 1. The normalized spacial score (nSPS) is 10.7. The van der Waals surface area contributed by atoms with Crippen LogP contribution in [0.3, 0.4) is 0 Å². The zero-order valence-electron chi connectivity index (χ0n) is 11.6. The number of nitrogens with one attached hydrogen (secondary N) is 1. The molecule has 3 heteroatoms. The number of rotatable bonds is 2. The van der Waals surface area contributed by atoms with E-state index in [9.17, 15) is 0 Å². The van der Waals surface area contributed by atoms with Gasteiger partial charge in [0.2, 0.25) is 0 Å². The van der Waals surface area contributed by atoms with E-state index in [4.69, 9.17) is 5.73 Å². The van der Waals surface area contributed by atoms with E-state index < -0.39 is 0 Å². The highest BCUT2D eigenvalue weighted by Crippen LogP contribution is 2.23. The highest BCUT2D eigenvalue weighted by Gasteiger charge is 2.02. The molecule has 0 amide bonds. The largest absolute Gasteiger partial charge is 0.399 e. The maximum atomic E-state index is 5.78. The van der Waals surface area contributed by atoms with Gasteiger partial charge in [0.1, 0.15) is 5.82 Å². The Morgan fingerprint density at radius 2 is 1.80 bits per heavy atom. The summed E-state index contributed by atoms with van der Waals surface area (Å²) in [7, 11) is 0. The molecule has 1 aromatic heterocycles. The van der Waals surface area contributed by atoms with E-state index in [1.54, 1.807) is 0 Å². The van der Waals surface area contributed by atoms with Crippen molar-refractivity contribution in [1.82, 2.24) is 4.98 Å². The number of anilines is 3. The molecule has 0 atom stereocenters.